The van der Waals surface area contributed by atoms with Gasteiger partial charge in [-0.25, -0.2) is 4.79 Å². The minimum absolute atomic E-state index is 0.185. The monoisotopic (exact) mass is 333 g/mol. The fraction of sp³-hybridized carbons (Fsp3) is 0.706. The highest BCUT2D eigenvalue weighted by Crippen LogP contribution is 2.33. The lowest BCUT2D eigenvalue weighted by Crippen LogP contribution is -2.37. The summed E-state index contributed by atoms with van der Waals surface area (Å²) in [6.45, 7) is 8.65. The molecular weight excluding hydrogens is 306 g/mol. The molecule has 0 N–H and O–H groups in total. The number of hydrogen-bond donors (Lipinski definition) is 0. The Hall–Kier alpha value is -2.05. The second-order valence-corrected chi connectivity index (χ2v) is 8.03. The zero-order valence-electron chi connectivity index (χ0n) is 15.5. The van der Waals surface area contributed by atoms with Crippen LogP contribution < -0.4 is 16.1 Å². The number of nitrogens with zero attached hydrogens (tertiary/aromatic N) is 5. The number of aromatic nitrogens is 4. The van der Waals surface area contributed by atoms with Crippen molar-refractivity contribution in [1.29, 1.82) is 0 Å². The number of aryl methyl sites for hydroxylation is 2. The molecule has 3 rings (SSSR count). The molecule has 2 aromatic rings. The van der Waals surface area contributed by atoms with Gasteiger partial charge < -0.3 is 9.47 Å². The molecule has 1 aliphatic rings. The van der Waals surface area contributed by atoms with Gasteiger partial charge in [0.2, 0.25) is 5.95 Å². The van der Waals surface area contributed by atoms with Gasteiger partial charge in [-0.1, -0.05) is 20.8 Å². The molecule has 3 heterocycles. The molecule has 7 heteroatoms. The Bertz CT molecular complexity index is 902. The van der Waals surface area contributed by atoms with Crippen molar-refractivity contribution < 1.29 is 0 Å². The Morgan fingerprint density at radius 3 is 2.42 bits per heavy atom. The van der Waals surface area contributed by atoms with E-state index in [0.29, 0.717) is 17.1 Å². The number of imidazole rings is 1. The van der Waals surface area contributed by atoms with Crippen molar-refractivity contribution in [3.05, 3.63) is 20.8 Å². The smallest absolute Gasteiger partial charge is 0.332 e. The highest BCUT2D eigenvalue weighted by atomic mass is 16.2. The summed E-state index contributed by atoms with van der Waals surface area (Å²) < 4.78 is 4.43. The van der Waals surface area contributed by atoms with E-state index < -0.39 is 0 Å². The third kappa shape index (κ3) is 2.56. The van der Waals surface area contributed by atoms with Gasteiger partial charge in [-0.05, 0) is 24.2 Å². The molecule has 0 amide bonds. The maximum Gasteiger partial charge on any atom is 0.332 e. The molecule has 0 spiro atoms. The zero-order valence-corrected chi connectivity index (χ0v) is 15.5. The van der Waals surface area contributed by atoms with E-state index in [1.54, 1.807) is 7.05 Å². The Morgan fingerprint density at radius 2 is 1.75 bits per heavy atom. The Kier molecular flexibility index (Phi) is 3.85. The highest BCUT2D eigenvalue weighted by molar-refractivity contribution is 5.74. The molecule has 1 atom stereocenters. The van der Waals surface area contributed by atoms with Gasteiger partial charge in [-0.3, -0.25) is 13.9 Å². The van der Waals surface area contributed by atoms with Crippen LogP contribution in [0.2, 0.25) is 0 Å². The first-order valence-corrected chi connectivity index (χ1v) is 8.50. The summed E-state index contributed by atoms with van der Waals surface area (Å²) in [4.78, 5) is 31.6. The van der Waals surface area contributed by atoms with Crippen LogP contribution in [-0.4, -0.2) is 31.8 Å². The molecule has 1 aliphatic heterocycles. The van der Waals surface area contributed by atoms with Crippen LogP contribution >= 0.6 is 0 Å². The Balaban J connectivity index is 2.19. The van der Waals surface area contributed by atoms with Gasteiger partial charge in [-0.2, -0.15) is 4.98 Å². The van der Waals surface area contributed by atoms with Crippen LogP contribution in [0.1, 0.15) is 33.6 Å². The molecule has 0 aliphatic carbocycles. The van der Waals surface area contributed by atoms with E-state index in [-0.39, 0.29) is 16.7 Å². The lowest BCUT2D eigenvalue weighted by Gasteiger charge is -2.30. The van der Waals surface area contributed by atoms with Gasteiger partial charge in [0.25, 0.3) is 5.56 Å². The van der Waals surface area contributed by atoms with E-state index in [9.17, 15) is 9.59 Å². The van der Waals surface area contributed by atoms with Gasteiger partial charge in [0.05, 0.1) is 0 Å². The topological polar surface area (TPSA) is 65.1 Å². The van der Waals surface area contributed by atoms with Crippen molar-refractivity contribution in [3.8, 4) is 0 Å². The molecule has 0 saturated carbocycles. The van der Waals surface area contributed by atoms with Crippen LogP contribution in [0.3, 0.4) is 0 Å². The van der Waals surface area contributed by atoms with Crippen LogP contribution in [0, 0.1) is 11.3 Å². The van der Waals surface area contributed by atoms with Crippen LogP contribution in [-0.2, 0) is 21.1 Å². The van der Waals surface area contributed by atoms with Gasteiger partial charge >= 0.3 is 5.69 Å². The molecular formula is C17H27N5O2. The minimum Gasteiger partial charge on any atom is -0.342 e. The zero-order chi connectivity index (χ0) is 17.8. The quantitative estimate of drug-likeness (QED) is 0.787. The first-order chi connectivity index (χ1) is 11.1. The van der Waals surface area contributed by atoms with E-state index in [0.717, 1.165) is 30.0 Å². The first-order valence-electron chi connectivity index (χ1n) is 8.50. The third-order valence-electron chi connectivity index (χ3n) is 5.15. The first kappa shape index (κ1) is 16.8. The maximum atomic E-state index is 12.5. The standard InChI is InChI=1S/C17H27N5O2/c1-11-7-8-22(10-17(2,3)9-11)15-18-13-12(19(15)4)14(23)21(6)16(24)20(13)5/h11H,7-10H2,1-6H3. The van der Waals surface area contributed by atoms with Crippen LogP contribution in [0.25, 0.3) is 11.2 Å². The number of fused-ring (bicyclic) bond motifs is 1. The van der Waals surface area contributed by atoms with Gasteiger partial charge in [-0.15, -0.1) is 0 Å². The Labute approximate surface area is 141 Å². The maximum absolute atomic E-state index is 12.5. The average molecular weight is 333 g/mol. The summed E-state index contributed by atoms with van der Waals surface area (Å²) in [7, 11) is 5.03. The van der Waals surface area contributed by atoms with Crippen molar-refractivity contribution in [2.75, 3.05) is 18.0 Å². The van der Waals surface area contributed by atoms with E-state index in [2.05, 4.69) is 30.7 Å². The van der Waals surface area contributed by atoms with Crippen molar-refractivity contribution in [2.45, 2.75) is 33.6 Å². The predicted molar refractivity (Wildman–Crippen MR) is 95.6 cm³/mol. The lowest BCUT2D eigenvalue weighted by atomic mass is 9.83. The normalized spacial score (nSPS) is 21.2. The minimum atomic E-state index is -0.345. The number of rotatable bonds is 1. The predicted octanol–water partition coefficient (Wildman–Crippen LogP) is 1.23. The second-order valence-electron chi connectivity index (χ2n) is 8.03. The largest absolute Gasteiger partial charge is 0.342 e. The summed E-state index contributed by atoms with van der Waals surface area (Å²) in [5.74, 6) is 1.43. The van der Waals surface area contributed by atoms with E-state index >= 15 is 0 Å². The summed E-state index contributed by atoms with van der Waals surface area (Å²) in [6.07, 6.45) is 2.28. The van der Waals surface area contributed by atoms with Gasteiger partial charge in [0, 0.05) is 34.2 Å². The summed E-state index contributed by atoms with van der Waals surface area (Å²) in [6, 6.07) is 0. The molecule has 2 aromatic heterocycles. The van der Waals surface area contributed by atoms with Crippen molar-refractivity contribution in [3.63, 3.8) is 0 Å². The molecule has 0 radical (unpaired) electrons. The average Bonchev–Trinajstić information content (AvgIpc) is 2.76. The molecule has 1 fully saturated rings. The van der Waals surface area contributed by atoms with E-state index in [1.807, 2.05) is 11.6 Å². The molecule has 0 aromatic carbocycles. The van der Waals surface area contributed by atoms with Gasteiger partial charge in [0.1, 0.15) is 0 Å². The molecule has 1 saturated heterocycles. The highest BCUT2D eigenvalue weighted by Gasteiger charge is 2.31. The number of anilines is 1. The molecule has 1 unspecified atom stereocenters. The molecule has 24 heavy (non-hydrogen) atoms. The van der Waals surface area contributed by atoms with Crippen molar-refractivity contribution >= 4 is 17.1 Å². The molecule has 132 valence electrons. The van der Waals surface area contributed by atoms with Crippen LogP contribution in [0.4, 0.5) is 5.95 Å². The fourth-order valence-electron chi connectivity index (χ4n) is 4.04. The van der Waals surface area contributed by atoms with Crippen molar-refractivity contribution in [2.24, 2.45) is 32.5 Å². The van der Waals surface area contributed by atoms with E-state index in [4.69, 9.17) is 0 Å². The second kappa shape index (κ2) is 5.50. The summed E-state index contributed by atoms with van der Waals surface area (Å²) in [5, 5.41) is 0. The van der Waals surface area contributed by atoms with Crippen LogP contribution in [0.5, 0.6) is 0 Å². The third-order valence-corrected chi connectivity index (χ3v) is 5.15. The van der Waals surface area contributed by atoms with Crippen LogP contribution in [0.15, 0.2) is 9.59 Å². The summed E-state index contributed by atoms with van der Waals surface area (Å²) >= 11 is 0. The van der Waals surface area contributed by atoms with E-state index in [1.165, 1.54) is 18.0 Å². The van der Waals surface area contributed by atoms with Crippen molar-refractivity contribution in [1.82, 2.24) is 18.7 Å². The summed E-state index contributed by atoms with van der Waals surface area (Å²) in [5.41, 5.74) is 0.476. The SMILES string of the molecule is CC1CCN(c2nc3c(c(=O)n(C)c(=O)n3C)n2C)CC(C)(C)C1. The molecule has 7 nitrogen and oxygen atoms in total. The van der Waals surface area contributed by atoms with Gasteiger partial charge in [0.15, 0.2) is 11.2 Å². The Morgan fingerprint density at radius 1 is 1.08 bits per heavy atom. The number of hydrogen-bond acceptors (Lipinski definition) is 4. The fourth-order valence-corrected chi connectivity index (χ4v) is 4.04. The molecule has 0 bridgehead atoms. The lowest BCUT2D eigenvalue weighted by molar-refractivity contribution is 0.302.